The highest BCUT2D eigenvalue weighted by Gasteiger charge is 2.44. The molecule has 3 aliphatic rings. The summed E-state index contributed by atoms with van der Waals surface area (Å²) in [5.41, 5.74) is -0.0481. The normalized spacial score (nSPS) is 24.8. The van der Waals surface area contributed by atoms with Gasteiger partial charge in [0.05, 0.1) is 19.3 Å². The molecule has 3 aliphatic heterocycles. The van der Waals surface area contributed by atoms with E-state index in [0.717, 1.165) is 62.7 Å². The molecule has 2 atom stereocenters. The quantitative estimate of drug-likeness (QED) is 0.577. The van der Waals surface area contributed by atoms with Gasteiger partial charge in [-0.05, 0) is 57.5 Å². The lowest BCUT2D eigenvalue weighted by Gasteiger charge is -2.40. The van der Waals surface area contributed by atoms with Gasteiger partial charge < -0.3 is 19.9 Å². The molecule has 0 spiro atoms. The zero-order chi connectivity index (χ0) is 26.0. The molecule has 4 heterocycles. The fourth-order valence-electron chi connectivity index (χ4n) is 5.27. The molecule has 3 saturated heterocycles. The average Bonchev–Trinajstić information content (AvgIpc) is 3.18. The fraction of sp³-hybridized carbons (Fsp3) is 0.577. The van der Waals surface area contributed by atoms with E-state index in [1.165, 1.54) is 19.2 Å². The Bertz CT molecular complexity index is 1100. The van der Waals surface area contributed by atoms with Crippen LogP contribution >= 0.6 is 0 Å². The van der Waals surface area contributed by atoms with Crippen LogP contribution in [0.3, 0.4) is 0 Å². The largest absolute Gasteiger partial charge is 0.444 e. The highest BCUT2D eigenvalue weighted by Crippen LogP contribution is 2.29. The van der Waals surface area contributed by atoms with E-state index in [4.69, 9.17) is 9.47 Å². The number of hydrogen-bond acceptors (Lipinski definition) is 9. The summed E-state index contributed by atoms with van der Waals surface area (Å²) in [5, 5.41) is 13.6. The zero-order valence-corrected chi connectivity index (χ0v) is 21.4. The molecule has 0 saturated carbocycles. The third-order valence-corrected chi connectivity index (χ3v) is 7.44. The Morgan fingerprint density at radius 3 is 2.65 bits per heavy atom. The third-order valence-electron chi connectivity index (χ3n) is 7.44. The number of piperidine rings is 1. The maximum Gasteiger partial charge on any atom is 0.418 e. The van der Waals surface area contributed by atoms with E-state index < -0.39 is 11.8 Å². The summed E-state index contributed by atoms with van der Waals surface area (Å²) < 4.78 is 25.5. The molecule has 1 aromatic heterocycles. The molecule has 0 unspecified atom stereocenters. The first-order chi connectivity index (χ1) is 17.8. The van der Waals surface area contributed by atoms with Crippen LogP contribution in [0.2, 0.25) is 0 Å². The van der Waals surface area contributed by atoms with E-state index >= 15 is 4.39 Å². The van der Waals surface area contributed by atoms with Crippen molar-refractivity contribution in [3.8, 4) is 0 Å². The van der Waals surface area contributed by atoms with E-state index in [1.54, 1.807) is 6.07 Å². The van der Waals surface area contributed by atoms with Gasteiger partial charge in [-0.3, -0.25) is 9.80 Å². The maximum absolute atomic E-state index is 15.1. The van der Waals surface area contributed by atoms with Crippen LogP contribution in [0.15, 0.2) is 30.5 Å². The molecule has 11 heteroatoms. The van der Waals surface area contributed by atoms with Crippen LogP contribution in [-0.4, -0.2) is 88.7 Å². The SMILES string of the molecule is C[C@H](Nc1nccc(N2C(=O)OC[C@]2(C)O)n1)c1ccc(CN2CCC(N3CCOCC3)CC2)c(F)c1. The van der Waals surface area contributed by atoms with Crippen LogP contribution in [0.1, 0.15) is 43.9 Å². The van der Waals surface area contributed by atoms with Gasteiger partial charge in [-0.15, -0.1) is 0 Å². The second-order valence-corrected chi connectivity index (χ2v) is 10.2. The molecule has 10 nitrogen and oxygen atoms in total. The van der Waals surface area contributed by atoms with Crippen LogP contribution < -0.4 is 10.2 Å². The van der Waals surface area contributed by atoms with Crippen molar-refractivity contribution in [1.82, 2.24) is 19.8 Å². The van der Waals surface area contributed by atoms with Gasteiger partial charge in [0.25, 0.3) is 0 Å². The summed E-state index contributed by atoms with van der Waals surface area (Å²) in [6, 6.07) is 7.17. The smallest absolute Gasteiger partial charge is 0.418 e. The second kappa shape index (κ2) is 10.9. The van der Waals surface area contributed by atoms with Crippen molar-refractivity contribution < 1.29 is 23.8 Å². The number of rotatable bonds is 7. The molecule has 37 heavy (non-hydrogen) atoms. The number of cyclic esters (lactones) is 1. The number of ether oxygens (including phenoxy) is 2. The van der Waals surface area contributed by atoms with Crippen LogP contribution in [0.25, 0.3) is 0 Å². The number of nitrogens with zero attached hydrogens (tertiary/aromatic N) is 5. The molecule has 0 bridgehead atoms. The first kappa shape index (κ1) is 25.8. The minimum atomic E-state index is -1.49. The van der Waals surface area contributed by atoms with Crippen molar-refractivity contribution >= 4 is 17.9 Å². The summed E-state index contributed by atoms with van der Waals surface area (Å²) in [5.74, 6) is 0.247. The Labute approximate surface area is 216 Å². The van der Waals surface area contributed by atoms with Gasteiger partial charge in [0.1, 0.15) is 18.2 Å². The number of anilines is 2. The highest BCUT2D eigenvalue weighted by molar-refractivity contribution is 5.89. The number of amides is 1. The molecule has 0 aliphatic carbocycles. The number of nitrogens with one attached hydrogen (secondary N) is 1. The Kier molecular flexibility index (Phi) is 7.57. The summed E-state index contributed by atoms with van der Waals surface area (Å²) in [7, 11) is 0. The molecule has 2 N–H and O–H groups in total. The van der Waals surface area contributed by atoms with Gasteiger partial charge >= 0.3 is 6.09 Å². The molecular weight excluding hydrogens is 479 g/mol. The summed E-state index contributed by atoms with van der Waals surface area (Å²) in [6.45, 7) is 9.40. The number of aromatic nitrogens is 2. The van der Waals surface area contributed by atoms with Crippen LogP contribution in [0.4, 0.5) is 21.0 Å². The van der Waals surface area contributed by atoms with Crippen LogP contribution in [0.5, 0.6) is 0 Å². The predicted octanol–water partition coefficient (Wildman–Crippen LogP) is 2.75. The van der Waals surface area contributed by atoms with Gasteiger partial charge in [0.2, 0.25) is 5.95 Å². The summed E-state index contributed by atoms with van der Waals surface area (Å²) >= 11 is 0. The van der Waals surface area contributed by atoms with Gasteiger partial charge in [0.15, 0.2) is 5.72 Å². The molecule has 5 rings (SSSR count). The van der Waals surface area contributed by atoms with Crippen molar-refractivity contribution in [3.05, 3.63) is 47.4 Å². The maximum atomic E-state index is 15.1. The van der Waals surface area contributed by atoms with Gasteiger partial charge in [-0.1, -0.05) is 12.1 Å². The summed E-state index contributed by atoms with van der Waals surface area (Å²) in [6.07, 6.45) is 3.02. The highest BCUT2D eigenvalue weighted by atomic mass is 19.1. The Hall–Kier alpha value is -2.86. The lowest BCUT2D eigenvalue weighted by atomic mass is 10.0. The number of benzene rings is 1. The first-order valence-electron chi connectivity index (χ1n) is 12.9. The van der Waals surface area contributed by atoms with E-state index in [-0.39, 0.29) is 30.2 Å². The van der Waals surface area contributed by atoms with E-state index in [9.17, 15) is 9.90 Å². The lowest BCUT2D eigenvalue weighted by molar-refractivity contribution is 0.000153. The zero-order valence-electron chi connectivity index (χ0n) is 21.4. The molecular formula is C26H35FN6O4. The van der Waals surface area contributed by atoms with Crippen molar-refractivity contribution in [1.29, 1.82) is 0 Å². The topological polar surface area (TPSA) is 103 Å². The number of halogens is 1. The second-order valence-electron chi connectivity index (χ2n) is 10.2. The van der Waals surface area contributed by atoms with Crippen LogP contribution in [0, 0.1) is 5.82 Å². The number of likely N-dealkylation sites (tertiary alicyclic amines) is 1. The molecule has 2 aromatic rings. The van der Waals surface area contributed by atoms with Gasteiger partial charge in [-0.25, -0.2) is 19.1 Å². The van der Waals surface area contributed by atoms with E-state index in [0.29, 0.717) is 18.2 Å². The minimum Gasteiger partial charge on any atom is -0.444 e. The van der Waals surface area contributed by atoms with Crippen molar-refractivity contribution in [2.75, 3.05) is 56.2 Å². The number of carbonyl (C=O) groups is 1. The van der Waals surface area contributed by atoms with Crippen molar-refractivity contribution in [2.45, 2.75) is 51.0 Å². The number of morpholine rings is 1. The monoisotopic (exact) mass is 514 g/mol. The molecule has 200 valence electrons. The molecule has 0 radical (unpaired) electrons. The molecule has 1 amide bonds. The number of carbonyl (C=O) groups excluding carboxylic acids is 1. The first-order valence-corrected chi connectivity index (χ1v) is 12.9. The molecule has 3 fully saturated rings. The van der Waals surface area contributed by atoms with E-state index in [2.05, 4.69) is 25.1 Å². The number of aliphatic hydroxyl groups is 1. The van der Waals surface area contributed by atoms with Gasteiger partial charge in [-0.2, -0.15) is 4.98 Å². The van der Waals surface area contributed by atoms with E-state index in [1.807, 2.05) is 19.1 Å². The fourth-order valence-corrected chi connectivity index (χ4v) is 5.27. The third kappa shape index (κ3) is 5.85. The molecule has 1 aromatic carbocycles. The average molecular weight is 515 g/mol. The van der Waals surface area contributed by atoms with Crippen molar-refractivity contribution in [3.63, 3.8) is 0 Å². The van der Waals surface area contributed by atoms with Crippen LogP contribution in [-0.2, 0) is 16.0 Å². The Morgan fingerprint density at radius 2 is 1.97 bits per heavy atom. The predicted molar refractivity (Wildman–Crippen MR) is 136 cm³/mol. The standard InChI is InChI=1S/C26H35FN6O4/c1-18(29-24-28-8-5-23(30-24)33-25(34)37-17-26(33,2)35)19-3-4-20(22(27)15-19)16-31-9-6-21(7-10-31)32-11-13-36-14-12-32/h3-5,8,15,18,21,35H,6-7,9-14,16-17H2,1-2H3,(H,28,29,30)/t18-,26-/m0/s1. The number of hydrogen-bond donors (Lipinski definition) is 2. The minimum absolute atomic E-state index is 0.146. The Balaban J connectivity index is 1.18. The summed E-state index contributed by atoms with van der Waals surface area (Å²) in [4.78, 5) is 26.6. The lowest BCUT2D eigenvalue weighted by Crippen LogP contribution is -2.48. The Morgan fingerprint density at radius 1 is 1.22 bits per heavy atom. The van der Waals surface area contributed by atoms with Gasteiger partial charge in [0, 0.05) is 37.4 Å². The van der Waals surface area contributed by atoms with Crippen molar-refractivity contribution in [2.24, 2.45) is 0 Å².